The number of anilines is 3. The van der Waals surface area contributed by atoms with Gasteiger partial charge in [0.05, 0.1) is 36.3 Å². The molecule has 1 N–H and O–H groups in total. The lowest BCUT2D eigenvalue weighted by molar-refractivity contribution is 0.0353. The molecule has 0 amide bonds. The third-order valence-corrected chi connectivity index (χ3v) is 6.01. The van der Waals surface area contributed by atoms with Crippen LogP contribution in [-0.2, 0) is 14.9 Å². The maximum absolute atomic E-state index is 13.2. The molecule has 0 radical (unpaired) electrons. The van der Waals surface area contributed by atoms with E-state index >= 15 is 0 Å². The Balaban J connectivity index is 0.00000182. The molecule has 8 heteroatoms. The lowest BCUT2D eigenvalue weighted by Crippen LogP contribution is -2.47. The van der Waals surface area contributed by atoms with Crippen molar-refractivity contribution in [3.63, 3.8) is 0 Å². The van der Waals surface area contributed by atoms with Crippen LogP contribution in [0.25, 0.3) is 0 Å². The average molecular weight is 382 g/mol. The van der Waals surface area contributed by atoms with Gasteiger partial charge in [0.25, 0.3) is 0 Å². The Morgan fingerprint density at radius 3 is 2.40 bits per heavy atom. The second-order valence-electron chi connectivity index (χ2n) is 5.82. The average Bonchev–Trinajstić information content (AvgIpc) is 2.84. The van der Waals surface area contributed by atoms with Crippen LogP contribution in [0.3, 0.4) is 0 Å². The van der Waals surface area contributed by atoms with Gasteiger partial charge in [-0.05, 0) is 24.3 Å². The quantitative estimate of drug-likeness (QED) is 0.886. The van der Waals surface area contributed by atoms with Crippen molar-refractivity contribution in [2.75, 3.05) is 34.9 Å². The number of benzene rings is 2. The van der Waals surface area contributed by atoms with Crippen molar-refractivity contribution in [2.24, 2.45) is 0 Å². The van der Waals surface area contributed by atoms with Crippen LogP contribution in [0, 0.1) is 0 Å². The van der Waals surface area contributed by atoms with E-state index in [4.69, 9.17) is 4.74 Å². The summed E-state index contributed by atoms with van der Waals surface area (Å²) in [5, 5.41) is 3.24. The fourth-order valence-electron chi connectivity index (χ4n) is 3.14. The number of hydrogen-bond donors (Lipinski definition) is 1. The molecule has 2 aromatic carbocycles. The Bertz CT molecular complexity index is 826. The number of ether oxygens (including phenoxy) is 1. The highest BCUT2D eigenvalue weighted by atomic mass is 35.5. The van der Waals surface area contributed by atoms with E-state index in [0.29, 0.717) is 36.8 Å². The van der Waals surface area contributed by atoms with E-state index in [2.05, 4.69) is 5.32 Å². The van der Waals surface area contributed by atoms with Crippen molar-refractivity contribution in [1.29, 1.82) is 0 Å². The van der Waals surface area contributed by atoms with Crippen LogP contribution in [0.15, 0.2) is 54.6 Å². The van der Waals surface area contributed by atoms with Gasteiger partial charge in [0.2, 0.25) is 0 Å². The first-order valence-electron chi connectivity index (χ1n) is 7.97. The number of para-hydroxylation sites is 3. The largest absolute Gasteiger partial charge is 0.374 e. The maximum Gasteiger partial charge on any atom is 0.331 e. The molecule has 0 aromatic heterocycles. The van der Waals surface area contributed by atoms with Crippen molar-refractivity contribution >= 4 is 39.7 Å². The summed E-state index contributed by atoms with van der Waals surface area (Å²) in [7, 11) is -3.68. The van der Waals surface area contributed by atoms with E-state index < -0.39 is 10.2 Å². The summed E-state index contributed by atoms with van der Waals surface area (Å²) in [5.41, 5.74) is 2.00. The second-order valence-corrected chi connectivity index (χ2v) is 7.53. The van der Waals surface area contributed by atoms with Crippen LogP contribution in [-0.4, -0.2) is 40.8 Å². The number of nitrogens with one attached hydrogen (secondary N) is 1. The van der Waals surface area contributed by atoms with Crippen LogP contribution in [0.5, 0.6) is 0 Å². The van der Waals surface area contributed by atoms with E-state index in [1.807, 2.05) is 42.5 Å². The zero-order valence-electron chi connectivity index (χ0n) is 13.5. The molecule has 1 saturated heterocycles. The molecule has 0 aliphatic carbocycles. The predicted octanol–water partition coefficient (Wildman–Crippen LogP) is 2.30. The minimum absolute atomic E-state index is 0. The second kappa shape index (κ2) is 7.21. The van der Waals surface area contributed by atoms with Crippen molar-refractivity contribution in [1.82, 2.24) is 5.32 Å². The Kier molecular flexibility index (Phi) is 5.19. The van der Waals surface area contributed by atoms with Gasteiger partial charge in [-0.25, -0.2) is 8.61 Å². The topological polar surface area (TPSA) is 61.9 Å². The summed E-state index contributed by atoms with van der Waals surface area (Å²) in [6, 6.07) is 16.5. The van der Waals surface area contributed by atoms with Crippen LogP contribution < -0.4 is 13.9 Å². The highest BCUT2D eigenvalue weighted by Crippen LogP contribution is 2.45. The zero-order chi connectivity index (χ0) is 16.6. The number of morpholine rings is 1. The third kappa shape index (κ3) is 3.20. The first kappa shape index (κ1) is 18.0. The van der Waals surface area contributed by atoms with Crippen LogP contribution >= 0.6 is 12.4 Å². The Morgan fingerprint density at radius 1 is 1.04 bits per heavy atom. The van der Waals surface area contributed by atoms with Crippen LogP contribution in [0.1, 0.15) is 0 Å². The molecule has 2 aromatic rings. The molecule has 0 saturated carbocycles. The van der Waals surface area contributed by atoms with Gasteiger partial charge in [-0.1, -0.05) is 30.3 Å². The number of hydrogen-bond acceptors (Lipinski definition) is 4. The van der Waals surface area contributed by atoms with Gasteiger partial charge in [-0.2, -0.15) is 8.42 Å². The van der Waals surface area contributed by atoms with Gasteiger partial charge < -0.3 is 10.1 Å². The van der Waals surface area contributed by atoms with Crippen molar-refractivity contribution in [3.05, 3.63) is 54.6 Å². The first-order chi connectivity index (χ1) is 11.7. The zero-order valence-corrected chi connectivity index (χ0v) is 15.2. The number of fused-ring (bicyclic) bond motifs is 1. The summed E-state index contributed by atoms with van der Waals surface area (Å²) >= 11 is 0. The molecular formula is C17H20ClN3O3S. The molecule has 134 valence electrons. The Morgan fingerprint density at radius 2 is 1.72 bits per heavy atom. The molecule has 0 spiro atoms. The van der Waals surface area contributed by atoms with Gasteiger partial charge in [-0.3, -0.25) is 0 Å². The molecule has 1 atom stereocenters. The monoisotopic (exact) mass is 381 g/mol. The molecule has 0 bridgehead atoms. The predicted molar refractivity (Wildman–Crippen MR) is 101 cm³/mol. The first-order valence-corrected chi connectivity index (χ1v) is 9.37. The van der Waals surface area contributed by atoms with Gasteiger partial charge in [0.15, 0.2) is 0 Å². The number of halogens is 1. The summed E-state index contributed by atoms with van der Waals surface area (Å²) < 4.78 is 35.0. The molecule has 0 unspecified atom stereocenters. The van der Waals surface area contributed by atoms with E-state index in [1.54, 1.807) is 12.1 Å². The Hall–Kier alpha value is -1.80. The van der Waals surface area contributed by atoms with Crippen molar-refractivity contribution < 1.29 is 13.2 Å². The van der Waals surface area contributed by atoms with E-state index in [-0.39, 0.29) is 18.5 Å². The summed E-state index contributed by atoms with van der Waals surface area (Å²) in [4.78, 5) is 0. The molecule has 2 aliphatic heterocycles. The van der Waals surface area contributed by atoms with Gasteiger partial charge in [0.1, 0.15) is 0 Å². The SMILES string of the molecule is Cl.O=S1(=O)N(C[C@H]2CNCCO2)c2ccccc2N1c1ccccc1. The molecule has 6 nitrogen and oxygen atoms in total. The fourth-order valence-corrected chi connectivity index (χ4v) is 4.89. The van der Waals surface area contributed by atoms with Crippen molar-refractivity contribution in [3.8, 4) is 0 Å². The van der Waals surface area contributed by atoms with Crippen LogP contribution in [0.2, 0.25) is 0 Å². The van der Waals surface area contributed by atoms with E-state index in [9.17, 15) is 8.42 Å². The fraction of sp³-hybridized carbons (Fsp3) is 0.294. The van der Waals surface area contributed by atoms with Crippen molar-refractivity contribution in [2.45, 2.75) is 6.10 Å². The van der Waals surface area contributed by atoms with E-state index in [0.717, 1.165) is 6.54 Å². The summed E-state index contributed by atoms with van der Waals surface area (Å²) in [5.74, 6) is 0. The lowest BCUT2D eigenvalue weighted by atomic mass is 10.2. The summed E-state index contributed by atoms with van der Waals surface area (Å²) in [6.45, 7) is 2.35. The van der Waals surface area contributed by atoms with Crippen LogP contribution in [0.4, 0.5) is 17.1 Å². The highest BCUT2D eigenvalue weighted by molar-refractivity contribution is 7.95. The minimum atomic E-state index is -3.68. The summed E-state index contributed by atoms with van der Waals surface area (Å²) in [6.07, 6.45) is -0.155. The minimum Gasteiger partial charge on any atom is -0.374 e. The Labute approximate surface area is 154 Å². The lowest BCUT2D eigenvalue weighted by Gasteiger charge is -2.28. The molecule has 4 rings (SSSR count). The number of rotatable bonds is 3. The molecule has 2 aliphatic rings. The normalized spacial score (nSPS) is 21.5. The third-order valence-electron chi connectivity index (χ3n) is 4.24. The van der Waals surface area contributed by atoms with E-state index in [1.165, 1.54) is 8.61 Å². The molecule has 1 fully saturated rings. The highest BCUT2D eigenvalue weighted by Gasteiger charge is 2.42. The van der Waals surface area contributed by atoms with Gasteiger partial charge in [0, 0.05) is 13.1 Å². The molecule has 25 heavy (non-hydrogen) atoms. The molecule has 2 heterocycles. The number of nitrogens with zero attached hydrogens (tertiary/aromatic N) is 2. The standard InChI is InChI=1S/C17H19N3O3S.ClH/c21-24(22)19(13-15-12-18-10-11-23-15)16-8-4-5-9-17(16)20(24)14-6-2-1-3-7-14;/h1-9,15,18H,10-13H2;1H/t15-;/m1./s1. The maximum atomic E-state index is 13.2. The van der Waals surface area contributed by atoms with Gasteiger partial charge >= 0.3 is 10.2 Å². The molecular weight excluding hydrogens is 362 g/mol. The van der Waals surface area contributed by atoms with Gasteiger partial charge in [-0.15, -0.1) is 12.4 Å². The smallest absolute Gasteiger partial charge is 0.331 e.